The monoisotopic (exact) mass is 336 g/mol. The fourth-order valence-corrected chi connectivity index (χ4v) is 1.81. The van der Waals surface area contributed by atoms with E-state index in [0.717, 1.165) is 4.47 Å². The van der Waals surface area contributed by atoms with E-state index in [0.29, 0.717) is 22.9 Å². The van der Waals surface area contributed by atoms with Crippen LogP contribution in [0.2, 0.25) is 0 Å². The van der Waals surface area contributed by atoms with Gasteiger partial charge in [0.2, 0.25) is 0 Å². The van der Waals surface area contributed by atoms with E-state index in [2.05, 4.69) is 26.2 Å². The first-order valence-electron chi connectivity index (χ1n) is 5.78. The van der Waals surface area contributed by atoms with E-state index in [1.807, 2.05) is 0 Å². The third kappa shape index (κ3) is 3.48. The molecular formula is C14H13BrN2O3. The summed E-state index contributed by atoms with van der Waals surface area (Å²) in [5.74, 6) is 1.30. The second-order valence-electron chi connectivity index (χ2n) is 3.92. The summed E-state index contributed by atoms with van der Waals surface area (Å²) in [6.45, 7) is 0. The molecule has 0 radical (unpaired) electrons. The Balaban J connectivity index is 2.22. The highest BCUT2D eigenvalue weighted by Gasteiger charge is 2.10. The van der Waals surface area contributed by atoms with Crippen molar-refractivity contribution in [2.24, 2.45) is 0 Å². The Hall–Kier alpha value is -2.08. The summed E-state index contributed by atoms with van der Waals surface area (Å²) < 4.78 is 11.1. The number of nitrogens with one attached hydrogen (secondary N) is 1. The summed E-state index contributed by atoms with van der Waals surface area (Å²) in [5, 5.41) is 2.71. The zero-order valence-electron chi connectivity index (χ0n) is 11.0. The van der Waals surface area contributed by atoms with E-state index in [1.165, 1.54) is 14.2 Å². The molecule has 1 heterocycles. The highest BCUT2D eigenvalue weighted by Crippen LogP contribution is 2.23. The summed E-state index contributed by atoms with van der Waals surface area (Å²) in [5.41, 5.74) is 0.436. The zero-order chi connectivity index (χ0) is 14.5. The Morgan fingerprint density at radius 3 is 2.30 bits per heavy atom. The fraction of sp³-hybridized carbons (Fsp3) is 0.143. The smallest absolute Gasteiger partial charge is 0.257 e. The second kappa shape index (κ2) is 6.38. The molecule has 6 heteroatoms. The minimum absolute atomic E-state index is 0.281. The maximum absolute atomic E-state index is 12.2. The molecule has 0 unspecified atom stereocenters. The molecule has 20 heavy (non-hydrogen) atoms. The average molecular weight is 337 g/mol. The third-order valence-corrected chi connectivity index (χ3v) is 3.05. The maximum atomic E-state index is 12.2. The molecule has 1 N–H and O–H groups in total. The Morgan fingerprint density at radius 2 is 1.80 bits per heavy atom. The van der Waals surface area contributed by atoms with E-state index < -0.39 is 0 Å². The van der Waals surface area contributed by atoms with E-state index >= 15 is 0 Å². The highest BCUT2D eigenvalue weighted by atomic mass is 79.9. The highest BCUT2D eigenvalue weighted by molar-refractivity contribution is 9.10. The number of carbonyl (C=O) groups is 1. The molecule has 5 nitrogen and oxygen atoms in total. The SMILES string of the molecule is COc1cc(OC)cc(C(=O)Nc2ccc(Br)cn2)c1. The molecule has 0 bridgehead atoms. The van der Waals surface area contributed by atoms with Gasteiger partial charge in [0, 0.05) is 22.3 Å². The van der Waals surface area contributed by atoms with Crippen molar-refractivity contribution in [3.8, 4) is 11.5 Å². The third-order valence-electron chi connectivity index (χ3n) is 2.58. The van der Waals surface area contributed by atoms with Crippen molar-refractivity contribution in [2.75, 3.05) is 19.5 Å². The van der Waals surface area contributed by atoms with Gasteiger partial charge in [0.05, 0.1) is 14.2 Å². The van der Waals surface area contributed by atoms with E-state index in [9.17, 15) is 4.79 Å². The molecular weight excluding hydrogens is 324 g/mol. The van der Waals surface area contributed by atoms with Crippen LogP contribution in [0.1, 0.15) is 10.4 Å². The second-order valence-corrected chi connectivity index (χ2v) is 4.83. The minimum Gasteiger partial charge on any atom is -0.497 e. The van der Waals surface area contributed by atoms with Crippen LogP contribution in [0.25, 0.3) is 0 Å². The van der Waals surface area contributed by atoms with Gasteiger partial charge in [-0.15, -0.1) is 0 Å². The fourth-order valence-electron chi connectivity index (χ4n) is 1.58. The van der Waals surface area contributed by atoms with Crippen molar-refractivity contribution in [1.82, 2.24) is 4.98 Å². The maximum Gasteiger partial charge on any atom is 0.257 e. The first-order valence-corrected chi connectivity index (χ1v) is 6.57. The number of carbonyl (C=O) groups excluding carboxylic acids is 1. The lowest BCUT2D eigenvalue weighted by molar-refractivity contribution is 0.102. The van der Waals surface area contributed by atoms with Gasteiger partial charge in [-0.25, -0.2) is 4.98 Å². The van der Waals surface area contributed by atoms with Crippen LogP contribution in [0.4, 0.5) is 5.82 Å². The topological polar surface area (TPSA) is 60.5 Å². The normalized spacial score (nSPS) is 9.95. The van der Waals surface area contributed by atoms with Crippen molar-refractivity contribution in [3.63, 3.8) is 0 Å². The standard InChI is InChI=1S/C14H13BrN2O3/c1-19-11-5-9(6-12(7-11)20-2)14(18)17-13-4-3-10(15)8-16-13/h3-8H,1-2H3,(H,16,17,18). The molecule has 0 aliphatic rings. The van der Waals surface area contributed by atoms with Crippen molar-refractivity contribution >= 4 is 27.7 Å². The quantitative estimate of drug-likeness (QED) is 0.931. The number of pyridine rings is 1. The average Bonchev–Trinajstić information content (AvgIpc) is 2.48. The number of aromatic nitrogens is 1. The van der Waals surface area contributed by atoms with Crippen LogP contribution in [0.3, 0.4) is 0 Å². The van der Waals surface area contributed by atoms with Gasteiger partial charge in [-0.2, -0.15) is 0 Å². The van der Waals surface area contributed by atoms with Crippen LogP contribution < -0.4 is 14.8 Å². The number of methoxy groups -OCH3 is 2. The summed E-state index contributed by atoms with van der Waals surface area (Å²) in [6, 6.07) is 8.48. The van der Waals surface area contributed by atoms with Crippen molar-refractivity contribution in [2.45, 2.75) is 0 Å². The molecule has 1 aromatic carbocycles. The Kier molecular flexibility index (Phi) is 4.57. The van der Waals surface area contributed by atoms with Gasteiger partial charge in [0.1, 0.15) is 17.3 Å². The number of hydrogen-bond donors (Lipinski definition) is 1. The molecule has 2 rings (SSSR count). The molecule has 0 fully saturated rings. The Bertz CT molecular complexity index is 592. The molecule has 0 aliphatic carbocycles. The molecule has 1 amide bonds. The van der Waals surface area contributed by atoms with Crippen LogP contribution in [0.5, 0.6) is 11.5 Å². The molecule has 0 saturated carbocycles. The summed E-state index contributed by atoms with van der Waals surface area (Å²) in [4.78, 5) is 16.2. The number of ether oxygens (including phenoxy) is 2. The van der Waals surface area contributed by atoms with Crippen LogP contribution >= 0.6 is 15.9 Å². The van der Waals surface area contributed by atoms with Gasteiger partial charge in [-0.1, -0.05) is 0 Å². The van der Waals surface area contributed by atoms with Crippen LogP contribution in [0, 0.1) is 0 Å². The minimum atomic E-state index is -0.281. The molecule has 0 saturated heterocycles. The first-order chi connectivity index (χ1) is 9.62. The van der Waals surface area contributed by atoms with Crippen LogP contribution in [-0.2, 0) is 0 Å². The van der Waals surface area contributed by atoms with Crippen molar-refractivity contribution < 1.29 is 14.3 Å². The summed E-state index contributed by atoms with van der Waals surface area (Å²) >= 11 is 3.29. The van der Waals surface area contributed by atoms with Gasteiger partial charge in [0.25, 0.3) is 5.91 Å². The zero-order valence-corrected chi connectivity index (χ0v) is 12.6. The first kappa shape index (κ1) is 14.3. The number of amides is 1. The number of hydrogen-bond acceptors (Lipinski definition) is 4. The summed E-state index contributed by atoms with van der Waals surface area (Å²) in [7, 11) is 3.07. The van der Waals surface area contributed by atoms with Crippen LogP contribution in [0.15, 0.2) is 41.0 Å². The van der Waals surface area contributed by atoms with Gasteiger partial charge in [0.15, 0.2) is 0 Å². The molecule has 0 atom stereocenters. The molecule has 0 spiro atoms. The van der Waals surface area contributed by atoms with Crippen molar-refractivity contribution in [3.05, 3.63) is 46.6 Å². The predicted molar refractivity (Wildman–Crippen MR) is 79.4 cm³/mol. The van der Waals surface area contributed by atoms with Gasteiger partial charge in [-0.05, 0) is 40.2 Å². The number of nitrogens with zero attached hydrogens (tertiary/aromatic N) is 1. The lowest BCUT2D eigenvalue weighted by Gasteiger charge is -2.09. The molecule has 1 aromatic heterocycles. The number of benzene rings is 1. The molecule has 2 aromatic rings. The van der Waals surface area contributed by atoms with Gasteiger partial charge >= 0.3 is 0 Å². The summed E-state index contributed by atoms with van der Waals surface area (Å²) in [6.07, 6.45) is 1.61. The number of halogens is 1. The molecule has 0 aliphatic heterocycles. The Morgan fingerprint density at radius 1 is 1.15 bits per heavy atom. The lowest BCUT2D eigenvalue weighted by atomic mass is 10.2. The largest absolute Gasteiger partial charge is 0.497 e. The van der Waals surface area contributed by atoms with Crippen LogP contribution in [-0.4, -0.2) is 25.1 Å². The Labute approximate surface area is 125 Å². The number of rotatable bonds is 4. The lowest BCUT2D eigenvalue weighted by Crippen LogP contribution is -2.13. The van der Waals surface area contributed by atoms with E-state index in [4.69, 9.17) is 9.47 Å². The predicted octanol–water partition coefficient (Wildman–Crippen LogP) is 3.11. The van der Waals surface area contributed by atoms with E-state index in [1.54, 1.807) is 36.5 Å². The van der Waals surface area contributed by atoms with Crippen molar-refractivity contribution in [1.29, 1.82) is 0 Å². The van der Waals surface area contributed by atoms with Gasteiger partial charge in [-0.3, -0.25) is 4.79 Å². The van der Waals surface area contributed by atoms with Gasteiger partial charge < -0.3 is 14.8 Å². The van der Waals surface area contributed by atoms with E-state index in [-0.39, 0.29) is 5.91 Å². The number of anilines is 1. The molecule has 104 valence electrons.